The van der Waals surface area contributed by atoms with E-state index in [1.54, 1.807) is 0 Å². The van der Waals surface area contributed by atoms with Crippen molar-refractivity contribution in [3.05, 3.63) is 35.9 Å². The largest absolute Gasteiger partial charge is 0.367 e. The smallest absolute Gasteiger partial charge is 0.252 e. The minimum absolute atomic E-state index is 0.0373. The van der Waals surface area contributed by atoms with Gasteiger partial charge in [-0.15, -0.1) is 0 Å². The number of carbonyl (C=O) groups is 1. The highest BCUT2D eigenvalue weighted by atomic mass is 32.2. The number of nitrogens with one attached hydrogen (secondary N) is 2. The summed E-state index contributed by atoms with van der Waals surface area (Å²) in [6, 6.07) is 10.2. The number of amides is 1. The first kappa shape index (κ1) is 20.1. The molecule has 2 N–H and O–H groups in total. The van der Waals surface area contributed by atoms with Gasteiger partial charge in [-0.05, 0) is 37.8 Å². The molecule has 2 fully saturated rings. The summed E-state index contributed by atoms with van der Waals surface area (Å²) in [5.74, 6) is 0.889. The number of anilines is 1. The summed E-state index contributed by atoms with van der Waals surface area (Å²) < 4.78 is 22.7. The van der Waals surface area contributed by atoms with Crippen LogP contribution < -0.4 is 10.6 Å². The lowest BCUT2D eigenvalue weighted by atomic mass is 10.0. The molecule has 1 aliphatic heterocycles. The van der Waals surface area contributed by atoms with Crippen LogP contribution in [0.4, 0.5) is 5.82 Å². The molecule has 1 saturated heterocycles. The predicted octanol–water partition coefficient (Wildman–Crippen LogP) is 2.05. The Bertz CT molecular complexity index is 996. The number of aromatic nitrogens is 1. The normalized spacial score (nSPS) is 18.7. The van der Waals surface area contributed by atoms with E-state index in [2.05, 4.69) is 15.5 Å². The first-order valence-corrected chi connectivity index (χ1v) is 12.3. The number of benzene rings is 1. The molecule has 0 bridgehead atoms. The molecule has 8 heteroatoms. The van der Waals surface area contributed by atoms with Gasteiger partial charge in [0.05, 0.1) is 16.8 Å². The van der Waals surface area contributed by atoms with Crippen molar-refractivity contribution in [3.63, 3.8) is 0 Å². The second-order valence-electron chi connectivity index (χ2n) is 8.21. The van der Waals surface area contributed by atoms with Crippen molar-refractivity contribution in [2.45, 2.75) is 37.8 Å². The molecule has 1 aliphatic carbocycles. The quantitative estimate of drug-likeness (QED) is 0.718. The van der Waals surface area contributed by atoms with Crippen molar-refractivity contribution in [1.82, 2.24) is 15.2 Å². The standard InChI is InChI=1S/C21H28N4O3S/c1-29(27,28)13-12-25-10-8-16(9-11-25)22-20-14-18(21(26)23-15-6-7-15)17-4-2-3-5-19(17)24-20/h2-5,14-16H,6-13H2,1H3,(H,22,24)(H,23,26). The van der Waals surface area contributed by atoms with E-state index in [0.29, 0.717) is 18.2 Å². The fourth-order valence-electron chi connectivity index (χ4n) is 3.73. The highest BCUT2D eigenvalue weighted by Crippen LogP contribution is 2.25. The number of piperidine rings is 1. The van der Waals surface area contributed by atoms with Crippen LogP contribution in [-0.4, -0.2) is 67.9 Å². The van der Waals surface area contributed by atoms with Crippen molar-refractivity contribution < 1.29 is 13.2 Å². The monoisotopic (exact) mass is 416 g/mol. The van der Waals surface area contributed by atoms with Crippen molar-refractivity contribution in [2.24, 2.45) is 0 Å². The molecule has 0 atom stereocenters. The van der Waals surface area contributed by atoms with E-state index in [1.165, 1.54) is 6.26 Å². The molecule has 29 heavy (non-hydrogen) atoms. The maximum Gasteiger partial charge on any atom is 0.252 e. The Labute approximate surface area is 171 Å². The second-order valence-corrected chi connectivity index (χ2v) is 10.5. The van der Waals surface area contributed by atoms with Crippen molar-refractivity contribution in [1.29, 1.82) is 0 Å². The highest BCUT2D eigenvalue weighted by molar-refractivity contribution is 7.90. The molecule has 0 radical (unpaired) electrons. The number of fused-ring (bicyclic) bond motifs is 1. The second kappa shape index (κ2) is 8.28. The van der Waals surface area contributed by atoms with Gasteiger partial charge >= 0.3 is 0 Å². The summed E-state index contributed by atoms with van der Waals surface area (Å²) >= 11 is 0. The summed E-state index contributed by atoms with van der Waals surface area (Å²) in [7, 11) is -2.93. The van der Waals surface area contributed by atoms with Gasteiger partial charge < -0.3 is 15.5 Å². The van der Waals surface area contributed by atoms with Gasteiger partial charge in [-0.2, -0.15) is 0 Å². The van der Waals surface area contributed by atoms with E-state index >= 15 is 0 Å². The van der Waals surface area contributed by atoms with Gasteiger partial charge in [-0.25, -0.2) is 13.4 Å². The zero-order chi connectivity index (χ0) is 20.4. The number of carbonyl (C=O) groups excluding carboxylic acids is 1. The molecular weight excluding hydrogens is 388 g/mol. The van der Waals surface area contributed by atoms with Crippen LogP contribution in [0.3, 0.4) is 0 Å². The van der Waals surface area contributed by atoms with Crippen LogP contribution in [0, 0.1) is 0 Å². The Kier molecular flexibility index (Phi) is 5.74. The Hall–Kier alpha value is -2.19. The average molecular weight is 417 g/mol. The van der Waals surface area contributed by atoms with Gasteiger partial charge in [-0.1, -0.05) is 18.2 Å². The number of hydrogen-bond donors (Lipinski definition) is 2. The summed E-state index contributed by atoms with van der Waals surface area (Å²) in [6.45, 7) is 2.30. The highest BCUT2D eigenvalue weighted by Gasteiger charge is 2.25. The van der Waals surface area contributed by atoms with Gasteiger partial charge in [0, 0.05) is 43.4 Å². The first-order chi connectivity index (χ1) is 13.9. The Balaban J connectivity index is 1.44. The lowest BCUT2D eigenvalue weighted by Gasteiger charge is -2.32. The average Bonchev–Trinajstić information content (AvgIpc) is 3.50. The maximum atomic E-state index is 12.7. The number of pyridine rings is 1. The van der Waals surface area contributed by atoms with E-state index in [4.69, 9.17) is 4.98 Å². The molecule has 0 spiro atoms. The number of hydrogen-bond acceptors (Lipinski definition) is 6. The molecule has 4 rings (SSSR count). The molecule has 1 saturated carbocycles. The Morgan fingerprint density at radius 2 is 1.86 bits per heavy atom. The summed E-state index contributed by atoms with van der Waals surface area (Å²) in [5.41, 5.74) is 1.47. The van der Waals surface area contributed by atoms with Crippen LogP contribution in [0.1, 0.15) is 36.0 Å². The third-order valence-corrected chi connectivity index (χ3v) is 6.52. The van der Waals surface area contributed by atoms with Gasteiger partial charge in [0.25, 0.3) is 5.91 Å². The minimum Gasteiger partial charge on any atom is -0.367 e. The molecular formula is C21H28N4O3S. The fourth-order valence-corrected chi connectivity index (χ4v) is 4.32. The lowest BCUT2D eigenvalue weighted by molar-refractivity contribution is 0.0952. The lowest BCUT2D eigenvalue weighted by Crippen LogP contribution is -2.41. The summed E-state index contributed by atoms with van der Waals surface area (Å²) in [6.07, 6.45) is 5.23. The van der Waals surface area contributed by atoms with Crippen molar-refractivity contribution in [3.8, 4) is 0 Å². The van der Waals surface area contributed by atoms with Gasteiger partial charge in [0.1, 0.15) is 15.7 Å². The van der Waals surface area contributed by atoms with Crippen LogP contribution in [-0.2, 0) is 9.84 Å². The minimum atomic E-state index is -2.93. The fraction of sp³-hybridized carbons (Fsp3) is 0.524. The van der Waals surface area contributed by atoms with Crippen molar-refractivity contribution >= 4 is 32.5 Å². The topological polar surface area (TPSA) is 91.4 Å². The third kappa shape index (κ3) is 5.45. The molecule has 156 valence electrons. The summed E-state index contributed by atoms with van der Waals surface area (Å²) in [5, 5.41) is 7.44. The van der Waals surface area contributed by atoms with E-state index in [0.717, 1.165) is 55.5 Å². The molecule has 7 nitrogen and oxygen atoms in total. The zero-order valence-electron chi connectivity index (χ0n) is 16.7. The van der Waals surface area contributed by atoms with E-state index < -0.39 is 9.84 Å². The van der Waals surface area contributed by atoms with E-state index in [-0.39, 0.29) is 17.7 Å². The number of rotatable bonds is 7. The third-order valence-electron chi connectivity index (χ3n) is 5.59. The number of sulfone groups is 1. The molecule has 2 heterocycles. The molecule has 0 unspecified atom stereocenters. The number of nitrogens with zero attached hydrogens (tertiary/aromatic N) is 2. The zero-order valence-corrected chi connectivity index (χ0v) is 17.5. The molecule has 2 aliphatic rings. The predicted molar refractivity (Wildman–Crippen MR) is 115 cm³/mol. The van der Waals surface area contributed by atoms with Crippen LogP contribution in [0.25, 0.3) is 10.9 Å². The van der Waals surface area contributed by atoms with E-state index in [1.807, 2.05) is 30.3 Å². The Morgan fingerprint density at radius 1 is 1.14 bits per heavy atom. The van der Waals surface area contributed by atoms with Gasteiger partial charge in [-0.3, -0.25) is 4.79 Å². The summed E-state index contributed by atoms with van der Waals surface area (Å²) in [4.78, 5) is 19.6. The molecule has 1 aromatic heterocycles. The van der Waals surface area contributed by atoms with Crippen LogP contribution in [0.15, 0.2) is 30.3 Å². The van der Waals surface area contributed by atoms with Crippen LogP contribution in [0.5, 0.6) is 0 Å². The SMILES string of the molecule is CS(=O)(=O)CCN1CCC(Nc2cc(C(=O)NC3CC3)c3ccccc3n2)CC1. The molecule has 1 amide bonds. The van der Waals surface area contributed by atoms with Crippen molar-refractivity contribution in [2.75, 3.05) is 37.0 Å². The maximum absolute atomic E-state index is 12.7. The first-order valence-electron chi connectivity index (χ1n) is 10.2. The Morgan fingerprint density at radius 3 is 2.55 bits per heavy atom. The number of para-hydroxylation sites is 1. The number of likely N-dealkylation sites (tertiary alicyclic amines) is 1. The van der Waals surface area contributed by atoms with E-state index in [9.17, 15) is 13.2 Å². The van der Waals surface area contributed by atoms with Crippen LogP contribution in [0.2, 0.25) is 0 Å². The van der Waals surface area contributed by atoms with Crippen LogP contribution >= 0.6 is 0 Å². The molecule has 2 aromatic rings. The van der Waals surface area contributed by atoms with Gasteiger partial charge in [0.2, 0.25) is 0 Å². The van der Waals surface area contributed by atoms with Gasteiger partial charge in [0.15, 0.2) is 0 Å². The molecule has 1 aromatic carbocycles.